The molecule has 0 radical (unpaired) electrons. The van der Waals surface area contributed by atoms with E-state index >= 15 is 0 Å². The lowest BCUT2D eigenvalue weighted by Gasteiger charge is -2.36. The molecule has 0 bridgehead atoms. The maximum absolute atomic E-state index is 12.0. The largest absolute Gasteiger partial charge is 0.390 e. The van der Waals surface area contributed by atoms with Gasteiger partial charge in [0.05, 0.1) is 11.5 Å². The van der Waals surface area contributed by atoms with E-state index in [1.807, 2.05) is 11.8 Å². The summed E-state index contributed by atoms with van der Waals surface area (Å²) in [7, 11) is 0. The van der Waals surface area contributed by atoms with Gasteiger partial charge in [-0.3, -0.25) is 4.79 Å². The van der Waals surface area contributed by atoms with E-state index in [-0.39, 0.29) is 11.8 Å². The van der Waals surface area contributed by atoms with Gasteiger partial charge in [0.25, 0.3) is 0 Å². The molecule has 86 valence electrons. The third-order valence-electron chi connectivity index (χ3n) is 3.56. The molecule has 4 nitrogen and oxygen atoms in total. The van der Waals surface area contributed by atoms with Crippen molar-refractivity contribution in [2.45, 2.75) is 31.8 Å². The van der Waals surface area contributed by atoms with Crippen LogP contribution in [0.5, 0.6) is 0 Å². The highest BCUT2D eigenvalue weighted by molar-refractivity contribution is 5.79. The Morgan fingerprint density at radius 1 is 1.47 bits per heavy atom. The molecule has 2 N–H and O–H groups in total. The van der Waals surface area contributed by atoms with Crippen LogP contribution in [-0.2, 0) is 4.79 Å². The second-order valence-corrected chi connectivity index (χ2v) is 5.01. The number of nitrogens with one attached hydrogen (secondary N) is 1. The molecule has 2 saturated heterocycles. The predicted octanol–water partition coefficient (Wildman–Crippen LogP) is -0.0307. The van der Waals surface area contributed by atoms with E-state index in [4.69, 9.17) is 0 Å². The zero-order valence-corrected chi connectivity index (χ0v) is 9.33. The second kappa shape index (κ2) is 4.10. The number of likely N-dealkylation sites (tertiary alicyclic amines) is 1. The summed E-state index contributed by atoms with van der Waals surface area (Å²) in [6.07, 6.45) is 2.38. The number of aliphatic hydroxyl groups is 1. The molecule has 0 aromatic carbocycles. The SMILES string of the molecule is CC1(O)CCN(C(=O)C2CCNC2)CC1. The molecule has 2 aliphatic rings. The van der Waals surface area contributed by atoms with Gasteiger partial charge in [0.2, 0.25) is 5.91 Å². The average Bonchev–Trinajstić information content (AvgIpc) is 2.69. The van der Waals surface area contributed by atoms with Crippen molar-refractivity contribution in [2.24, 2.45) is 5.92 Å². The summed E-state index contributed by atoms with van der Waals surface area (Å²) in [6, 6.07) is 0. The van der Waals surface area contributed by atoms with Crippen molar-refractivity contribution in [3.63, 3.8) is 0 Å². The molecule has 1 unspecified atom stereocenters. The first kappa shape index (κ1) is 10.9. The number of carbonyl (C=O) groups is 1. The highest BCUT2D eigenvalue weighted by Gasteiger charge is 2.33. The van der Waals surface area contributed by atoms with E-state index in [9.17, 15) is 9.90 Å². The Hall–Kier alpha value is -0.610. The van der Waals surface area contributed by atoms with Gasteiger partial charge in [-0.25, -0.2) is 0 Å². The van der Waals surface area contributed by atoms with E-state index in [1.165, 1.54) is 0 Å². The summed E-state index contributed by atoms with van der Waals surface area (Å²) < 4.78 is 0. The van der Waals surface area contributed by atoms with Crippen LogP contribution in [0.4, 0.5) is 0 Å². The minimum absolute atomic E-state index is 0.174. The zero-order valence-electron chi connectivity index (χ0n) is 9.33. The molecule has 2 fully saturated rings. The first-order valence-corrected chi connectivity index (χ1v) is 5.80. The highest BCUT2D eigenvalue weighted by atomic mass is 16.3. The summed E-state index contributed by atoms with van der Waals surface area (Å²) in [4.78, 5) is 13.9. The Bertz CT molecular complexity index is 237. The lowest BCUT2D eigenvalue weighted by molar-refractivity contribution is -0.138. The summed E-state index contributed by atoms with van der Waals surface area (Å²) >= 11 is 0. The Morgan fingerprint density at radius 2 is 2.13 bits per heavy atom. The monoisotopic (exact) mass is 212 g/mol. The molecule has 1 amide bonds. The van der Waals surface area contributed by atoms with Gasteiger partial charge in [0, 0.05) is 19.6 Å². The van der Waals surface area contributed by atoms with Gasteiger partial charge in [-0.15, -0.1) is 0 Å². The zero-order chi connectivity index (χ0) is 10.9. The van der Waals surface area contributed by atoms with Gasteiger partial charge in [0.1, 0.15) is 0 Å². The van der Waals surface area contributed by atoms with Crippen molar-refractivity contribution in [1.82, 2.24) is 10.2 Å². The van der Waals surface area contributed by atoms with Crippen molar-refractivity contribution in [2.75, 3.05) is 26.2 Å². The normalized spacial score (nSPS) is 30.5. The van der Waals surface area contributed by atoms with Crippen LogP contribution in [-0.4, -0.2) is 47.7 Å². The van der Waals surface area contributed by atoms with Crippen molar-refractivity contribution < 1.29 is 9.90 Å². The van der Waals surface area contributed by atoms with Crippen LogP contribution in [0.15, 0.2) is 0 Å². The minimum atomic E-state index is -0.565. The van der Waals surface area contributed by atoms with E-state index in [0.717, 1.165) is 19.5 Å². The van der Waals surface area contributed by atoms with Gasteiger partial charge in [-0.1, -0.05) is 0 Å². The van der Waals surface area contributed by atoms with Gasteiger partial charge in [-0.05, 0) is 32.7 Å². The Balaban J connectivity index is 1.87. The Morgan fingerprint density at radius 3 is 2.67 bits per heavy atom. The molecule has 15 heavy (non-hydrogen) atoms. The lowest BCUT2D eigenvalue weighted by Crippen LogP contribution is -2.47. The number of nitrogens with zero attached hydrogens (tertiary/aromatic N) is 1. The van der Waals surface area contributed by atoms with E-state index in [1.54, 1.807) is 0 Å². The lowest BCUT2D eigenvalue weighted by atomic mass is 9.93. The van der Waals surface area contributed by atoms with Gasteiger partial charge in [0.15, 0.2) is 0 Å². The first-order valence-electron chi connectivity index (χ1n) is 5.80. The van der Waals surface area contributed by atoms with Crippen LogP contribution >= 0.6 is 0 Å². The number of carbonyl (C=O) groups excluding carboxylic acids is 1. The topological polar surface area (TPSA) is 52.6 Å². The molecule has 4 heteroatoms. The van der Waals surface area contributed by atoms with Gasteiger partial charge in [-0.2, -0.15) is 0 Å². The fourth-order valence-corrected chi connectivity index (χ4v) is 2.33. The third kappa shape index (κ3) is 2.49. The summed E-state index contributed by atoms with van der Waals surface area (Å²) in [6.45, 7) is 5.06. The van der Waals surface area contributed by atoms with Gasteiger partial charge >= 0.3 is 0 Å². The van der Waals surface area contributed by atoms with Crippen molar-refractivity contribution in [3.05, 3.63) is 0 Å². The maximum atomic E-state index is 12.0. The molecule has 0 spiro atoms. The van der Waals surface area contributed by atoms with Crippen LogP contribution in [0.25, 0.3) is 0 Å². The number of hydrogen-bond acceptors (Lipinski definition) is 3. The molecule has 2 rings (SSSR count). The molecule has 0 aliphatic carbocycles. The molecule has 0 aromatic heterocycles. The van der Waals surface area contributed by atoms with Crippen LogP contribution in [0.1, 0.15) is 26.2 Å². The molecule has 0 aromatic rings. The summed E-state index contributed by atoms with van der Waals surface area (Å²) in [5.74, 6) is 0.448. The average molecular weight is 212 g/mol. The maximum Gasteiger partial charge on any atom is 0.227 e. The van der Waals surface area contributed by atoms with E-state index < -0.39 is 5.60 Å². The molecule has 2 aliphatic heterocycles. The Kier molecular flexibility index (Phi) is 2.98. The Labute approximate surface area is 90.6 Å². The van der Waals surface area contributed by atoms with Crippen molar-refractivity contribution in [1.29, 1.82) is 0 Å². The number of rotatable bonds is 1. The van der Waals surface area contributed by atoms with Crippen LogP contribution in [0.2, 0.25) is 0 Å². The van der Waals surface area contributed by atoms with E-state index in [0.29, 0.717) is 25.9 Å². The molecule has 2 heterocycles. The quantitative estimate of drug-likeness (QED) is 0.642. The van der Waals surface area contributed by atoms with Crippen molar-refractivity contribution >= 4 is 5.91 Å². The highest BCUT2D eigenvalue weighted by Crippen LogP contribution is 2.23. The molecular weight excluding hydrogens is 192 g/mol. The fraction of sp³-hybridized carbons (Fsp3) is 0.909. The second-order valence-electron chi connectivity index (χ2n) is 5.01. The standard InChI is InChI=1S/C11H20N2O2/c1-11(15)3-6-13(7-4-11)10(14)9-2-5-12-8-9/h9,12,15H,2-8H2,1H3. The third-order valence-corrected chi connectivity index (χ3v) is 3.56. The molecule has 1 atom stereocenters. The van der Waals surface area contributed by atoms with Crippen LogP contribution < -0.4 is 5.32 Å². The predicted molar refractivity (Wildman–Crippen MR) is 57.4 cm³/mol. The fourth-order valence-electron chi connectivity index (χ4n) is 2.33. The van der Waals surface area contributed by atoms with Crippen molar-refractivity contribution in [3.8, 4) is 0 Å². The van der Waals surface area contributed by atoms with Crippen LogP contribution in [0.3, 0.4) is 0 Å². The number of hydrogen-bond donors (Lipinski definition) is 2. The molecule has 0 saturated carbocycles. The number of piperidine rings is 1. The van der Waals surface area contributed by atoms with E-state index in [2.05, 4.69) is 5.32 Å². The summed E-state index contributed by atoms with van der Waals surface area (Å²) in [5.41, 5.74) is -0.565. The summed E-state index contributed by atoms with van der Waals surface area (Å²) in [5, 5.41) is 13.0. The number of amides is 1. The molecular formula is C11H20N2O2. The first-order chi connectivity index (χ1) is 7.08. The van der Waals surface area contributed by atoms with Crippen LogP contribution in [0, 0.1) is 5.92 Å². The smallest absolute Gasteiger partial charge is 0.227 e. The minimum Gasteiger partial charge on any atom is -0.390 e. The van der Waals surface area contributed by atoms with Gasteiger partial charge < -0.3 is 15.3 Å².